The van der Waals surface area contributed by atoms with Crippen molar-refractivity contribution in [3.8, 4) is 5.75 Å². The highest BCUT2D eigenvalue weighted by Gasteiger charge is 2.42. The van der Waals surface area contributed by atoms with Gasteiger partial charge in [-0.2, -0.15) is 0 Å². The molecule has 1 heterocycles. The smallest absolute Gasteiger partial charge is 0.136 e. The number of rotatable bonds is 2. The van der Waals surface area contributed by atoms with E-state index in [1.165, 1.54) is 0 Å². The van der Waals surface area contributed by atoms with Gasteiger partial charge < -0.3 is 9.84 Å². The molecule has 0 amide bonds. The fraction of sp³-hybridized carbons (Fsp3) is 0.500. The lowest BCUT2D eigenvalue weighted by atomic mass is 9.91. The number of ether oxygens (including phenoxy) is 1. The first-order valence-corrected chi connectivity index (χ1v) is 5.13. The van der Waals surface area contributed by atoms with E-state index in [1.807, 2.05) is 31.2 Å². The minimum Gasteiger partial charge on any atom is -0.484 e. The zero-order valence-electron chi connectivity index (χ0n) is 8.66. The van der Waals surface area contributed by atoms with Crippen LogP contribution in [-0.4, -0.2) is 10.7 Å². The van der Waals surface area contributed by atoms with Gasteiger partial charge in [-0.3, -0.25) is 0 Å². The van der Waals surface area contributed by atoms with Crippen molar-refractivity contribution in [2.75, 3.05) is 0 Å². The largest absolute Gasteiger partial charge is 0.484 e. The highest BCUT2D eigenvalue weighted by molar-refractivity contribution is 5.41. The molecule has 0 fully saturated rings. The molecule has 2 unspecified atom stereocenters. The molecule has 2 rings (SSSR count). The van der Waals surface area contributed by atoms with Crippen molar-refractivity contribution in [3.05, 3.63) is 29.8 Å². The lowest BCUT2D eigenvalue weighted by molar-refractivity contribution is -0.0204. The molecule has 1 aliphatic heterocycles. The number of para-hydroxylation sites is 1. The second-order valence-electron chi connectivity index (χ2n) is 4.11. The van der Waals surface area contributed by atoms with Crippen LogP contribution in [0.2, 0.25) is 0 Å². The van der Waals surface area contributed by atoms with Gasteiger partial charge in [0.05, 0.1) is 0 Å². The average molecular weight is 192 g/mol. The van der Waals surface area contributed by atoms with E-state index in [4.69, 9.17) is 4.74 Å². The van der Waals surface area contributed by atoms with Crippen LogP contribution in [0.5, 0.6) is 5.75 Å². The fourth-order valence-corrected chi connectivity index (χ4v) is 2.12. The highest BCUT2D eigenvalue weighted by Crippen LogP contribution is 2.44. The first-order valence-electron chi connectivity index (χ1n) is 5.13. The van der Waals surface area contributed by atoms with Crippen molar-refractivity contribution in [3.63, 3.8) is 0 Å². The van der Waals surface area contributed by atoms with E-state index in [1.54, 1.807) is 0 Å². The standard InChI is InChI=1S/C12H16O2/c1-3-8-12(2)11(13)9-6-4-5-7-10(9)14-12/h4-7,11,13H,3,8H2,1-2H3. The van der Waals surface area contributed by atoms with Crippen LogP contribution < -0.4 is 4.74 Å². The predicted octanol–water partition coefficient (Wildman–Crippen LogP) is 2.67. The summed E-state index contributed by atoms with van der Waals surface area (Å²) in [6.07, 6.45) is 1.41. The minimum atomic E-state index is -0.487. The fourth-order valence-electron chi connectivity index (χ4n) is 2.12. The molecular weight excluding hydrogens is 176 g/mol. The molecule has 2 nitrogen and oxygen atoms in total. The monoisotopic (exact) mass is 192 g/mol. The maximum atomic E-state index is 10.1. The van der Waals surface area contributed by atoms with Gasteiger partial charge in [-0.15, -0.1) is 0 Å². The quantitative estimate of drug-likeness (QED) is 0.780. The second kappa shape index (κ2) is 3.28. The Balaban J connectivity index is 2.33. The highest BCUT2D eigenvalue weighted by atomic mass is 16.5. The van der Waals surface area contributed by atoms with Gasteiger partial charge in [0.15, 0.2) is 0 Å². The Bertz CT molecular complexity index is 335. The van der Waals surface area contributed by atoms with Crippen molar-refractivity contribution in [1.82, 2.24) is 0 Å². The molecular formula is C12H16O2. The molecule has 1 aromatic rings. The van der Waals surface area contributed by atoms with Crippen LogP contribution in [0.25, 0.3) is 0 Å². The number of fused-ring (bicyclic) bond motifs is 1. The first kappa shape index (κ1) is 9.53. The topological polar surface area (TPSA) is 29.5 Å². The van der Waals surface area contributed by atoms with Gasteiger partial charge in [-0.25, -0.2) is 0 Å². The molecule has 1 N–H and O–H groups in total. The molecule has 1 aromatic carbocycles. The lowest BCUT2D eigenvalue weighted by Gasteiger charge is -2.27. The summed E-state index contributed by atoms with van der Waals surface area (Å²) in [7, 11) is 0. The van der Waals surface area contributed by atoms with Crippen molar-refractivity contribution in [2.24, 2.45) is 0 Å². The van der Waals surface area contributed by atoms with Crippen molar-refractivity contribution < 1.29 is 9.84 Å². The molecule has 0 bridgehead atoms. The molecule has 14 heavy (non-hydrogen) atoms. The minimum absolute atomic E-state index is 0.432. The van der Waals surface area contributed by atoms with E-state index in [0.717, 1.165) is 24.2 Å². The van der Waals surface area contributed by atoms with E-state index in [0.29, 0.717) is 0 Å². The van der Waals surface area contributed by atoms with Crippen LogP contribution in [0, 0.1) is 0 Å². The Kier molecular flexibility index (Phi) is 2.23. The maximum Gasteiger partial charge on any atom is 0.136 e. The third kappa shape index (κ3) is 1.30. The van der Waals surface area contributed by atoms with E-state index in [2.05, 4.69) is 6.92 Å². The number of aliphatic hydroxyl groups is 1. The molecule has 0 saturated heterocycles. The van der Waals surface area contributed by atoms with Crippen LogP contribution in [0.1, 0.15) is 38.4 Å². The summed E-state index contributed by atoms with van der Waals surface area (Å²) < 4.78 is 5.80. The number of hydrogen-bond acceptors (Lipinski definition) is 2. The first-order chi connectivity index (χ1) is 6.67. The zero-order chi connectivity index (χ0) is 10.2. The maximum absolute atomic E-state index is 10.1. The van der Waals surface area contributed by atoms with Crippen LogP contribution in [-0.2, 0) is 0 Å². The molecule has 0 spiro atoms. The number of benzene rings is 1. The lowest BCUT2D eigenvalue weighted by Crippen LogP contribution is -2.34. The Morgan fingerprint density at radius 1 is 1.43 bits per heavy atom. The Morgan fingerprint density at radius 3 is 2.79 bits per heavy atom. The number of hydrogen-bond donors (Lipinski definition) is 1. The SMILES string of the molecule is CCCC1(C)Oc2ccccc2C1O. The normalized spacial score (nSPS) is 29.8. The second-order valence-corrected chi connectivity index (χ2v) is 4.11. The Labute approximate surface area is 84.5 Å². The summed E-state index contributed by atoms with van der Waals surface area (Å²) >= 11 is 0. The zero-order valence-corrected chi connectivity index (χ0v) is 8.66. The molecule has 0 aromatic heterocycles. The van der Waals surface area contributed by atoms with Gasteiger partial charge >= 0.3 is 0 Å². The summed E-state index contributed by atoms with van der Waals surface area (Å²) in [6, 6.07) is 7.71. The van der Waals surface area contributed by atoms with E-state index in [9.17, 15) is 5.11 Å². The van der Waals surface area contributed by atoms with Crippen LogP contribution in [0.4, 0.5) is 0 Å². The molecule has 0 radical (unpaired) electrons. The molecule has 0 saturated carbocycles. The summed E-state index contributed by atoms with van der Waals surface area (Å²) in [4.78, 5) is 0. The van der Waals surface area contributed by atoms with E-state index < -0.39 is 11.7 Å². The molecule has 2 atom stereocenters. The summed E-state index contributed by atoms with van der Waals surface area (Å²) in [5.74, 6) is 0.830. The predicted molar refractivity (Wildman–Crippen MR) is 55.3 cm³/mol. The van der Waals surface area contributed by atoms with Crippen molar-refractivity contribution in [1.29, 1.82) is 0 Å². The average Bonchev–Trinajstić information content (AvgIpc) is 2.41. The van der Waals surface area contributed by atoms with Gasteiger partial charge in [0.25, 0.3) is 0 Å². The molecule has 2 heteroatoms. The van der Waals surface area contributed by atoms with Gasteiger partial charge in [0, 0.05) is 5.56 Å². The van der Waals surface area contributed by atoms with Crippen molar-refractivity contribution >= 4 is 0 Å². The molecule has 1 aliphatic rings. The Hall–Kier alpha value is -1.02. The van der Waals surface area contributed by atoms with Crippen LogP contribution in [0.3, 0.4) is 0 Å². The van der Waals surface area contributed by atoms with E-state index in [-0.39, 0.29) is 0 Å². The third-order valence-corrected chi connectivity index (χ3v) is 2.88. The number of aliphatic hydroxyl groups excluding tert-OH is 1. The van der Waals surface area contributed by atoms with Crippen LogP contribution in [0.15, 0.2) is 24.3 Å². The van der Waals surface area contributed by atoms with Gasteiger partial charge in [0.2, 0.25) is 0 Å². The van der Waals surface area contributed by atoms with Gasteiger partial charge in [-0.05, 0) is 19.4 Å². The summed E-state index contributed by atoms with van der Waals surface area (Å²) in [5.41, 5.74) is 0.488. The van der Waals surface area contributed by atoms with Gasteiger partial charge in [-0.1, -0.05) is 31.5 Å². The molecule has 76 valence electrons. The Morgan fingerprint density at radius 2 is 2.14 bits per heavy atom. The van der Waals surface area contributed by atoms with Gasteiger partial charge in [0.1, 0.15) is 17.5 Å². The van der Waals surface area contributed by atoms with Crippen molar-refractivity contribution in [2.45, 2.75) is 38.4 Å². The summed E-state index contributed by atoms with van der Waals surface area (Å²) in [6.45, 7) is 4.07. The van der Waals surface area contributed by atoms with E-state index >= 15 is 0 Å². The van der Waals surface area contributed by atoms with Crippen LogP contribution >= 0.6 is 0 Å². The molecule has 0 aliphatic carbocycles. The third-order valence-electron chi connectivity index (χ3n) is 2.88. The summed E-state index contributed by atoms with van der Waals surface area (Å²) in [5, 5.41) is 10.1.